The Labute approximate surface area is 288 Å². The molecular weight excluding hydrogens is 674 g/mol. The molecule has 9 nitrogen and oxygen atoms in total. The lowest BCUT2D eigenvalue weighted by molar-refractivity contribution is -0.156. The minimum Gasteiger partial charge on any atom is -0.464 e. The lowest BCUT2D eigenvalue weighted by Crippen LogP contribution is -2.39. The first kappa shape index (κ1) is 38.8. The number of hydrogen-bond acceptors (Lipinski definition) is 8. The van der Waals surface area contributed by atoms with Crippen LogP contribution in [-0.2, 0) is 35.0 Å². The van der Waals surface area contributed by atoms with E-state index in [0.29, 0.717) is 24.1 Å². The zero-order chi connectivity index (χ0) is 34.4. The molecule has 5 aromatic rings. The summed E-state index contributed by atoms with van der Waals surface area (Å²) >= 11 is 0. The second kappa shape index (κ2) is 16.2. The number of rotatable bonds is 11. The third-order valence-corrected chi connectivity index (χ3v) is 10.2. The molecule has 2 heterocycles. The van der Waals surface area contributed by atoms with E-state index in [1.165, 1.54) is 22.7 Å². The van der Waals surface area contributed by atoms with Crippen LogP contribution in [0.3, 0.4) is 0 Å². The van der Waals surface area contributed by atoms with Crippen molar-refractivity contribution in [2.75, 3.05) is 13.1 Å². The first-order chi connectivity index (χ1) is 22.0. The van der Waals surface area contributed by atoms with Crippen LogP contribution in [0.2, 0.25) is 0 Å². The number of carbonyl (C=O) groups excluding carboxylic acids is 1. The normalized spacial score (nSPS) is 12.8. The monoisotopic (exact) mass is 717 g/mol. The van der Waals surface area contributed by atoms with Gasteiger partial charge in [-0.2, -0.15) is 4.31 Å². The maximum Gasteiger partial charge on any atom is 0.306 e. The van der Waals surface area contributed by atoms with Gasteiger partial charge in [0.15, 0.2) is 0 Å². The van der Waals surface area contributed by atoms with E-state index < -0.39 is 24.7 Å². The Bertz CT molecular complexity index is 2010. The van der Waals surface area contributed by atoms with Crippen molar-refractivity contribution in [3.8, 4) is 0 Å². The van der Waals surface area contributed by atoms with Crippen molar-refractivity contribution >= 4 is 57.7 Å². The van der Waals surface area contributed by atoms with E-state index in [0.717, 1.165) is 16.3 Å². The molecule has 1 atom stereocenters. The zero-order valence-electron chi connectivity index (χ0n) is 27.1. The van der Waals surface area contributed by atoms with E-state index in [1.54, 1.807) is 42.7 Å². The van der Waals surface area contributed by atoms with E-state index in [-0.39, 0.29) is 48.0 Å². The largest absolute Gasteiger partial charge is 0.464 e. The van der Waals surface area contributed by atoms with Crippen LogP contribution in [0.25, 0.3) is 21.9 Å². The van der Waals surface area contributed by atoms with Crippen LogP contribution in [0.1, 0.15) is 54.0 Å². The van der Waals surface area contributed by atoms with Crippen LogP contribution in [0.15, 0.2) is 110 Å². The Kier molecular flexibility index (Phi) is 13.1. The highest BCUT2D eigenvalue weighted by Crippen LogP contribution is 2.26. The third-order valence-electron chi connectivity index (χ3n) is 7.04. The molecule has 0 spiro atoms. The first-order valence-corrected chi connectivity index (χ1v) is 18.9. The van der Waals surface area contributed by atoms with Gasteiger partial charge in [0.05, 0.1) is 22.3 Å². The summed E-state index contributed by atoms with van der Waals surface area (Å²) < 4.78 is 66.8. The van der Waals surface area contributed by atoms with Gasteiger partial charge in [-0.25, -0.2) is 16.8 Å². The van der Waals surface area contributed by atoms with Crippen molar-refractivity contribution < 1.29 is 35.2 Å². The number of halogens is 1. The van der Waals surface area contributed by atoms with Crippen molar-refractivity contribution in [3.05, 3.63) is 97.0 Å². The number of carbonyl (C=O) groups is 1. The van der Waals surface area contributed by atoms with Crippen molar-refractivity contribution in [1.82, 2.24) is 4.31 Å². The van der Waals surface area contributed by atoms with Crippen LogP contribution in [0.4, 0.5) is 0 Å². The van der Waals surface area contributed by atoms with Gasteiger partial charge in [-0.05, 0) is 93.1 Å². The highest BCUT2D eigenvalue weighted by Gasteiger charge is 2.30. The average Bonchev–Trinajstić information content (AvgIpc) is 3.65. The molecule has 0 aliphatic heterocycles. The summed E-state index contributed by atoms with van der Waals surface area (Å²) in [4.78, 5) is 13.0. The molecule has 5 rings (SSSR count). The van der Waals surface area contributed by atoms with E-state index in [4.69, 9.17) is 24.3 Å². The molecule has 12 heteroatoms. The van der Waals surface area contributed by atoms with Crippen LogP contribution in [-0.4, -0.2) is 45.8 Å². The van der Waals surface area contributed by atoms with Gasteiger partial charge in [-0.3, -0.25) is 4.79 Å². The van der Waals surface area contributed by atoms with Gasteiger partial charge in [-0.1, -0.05) is 51.6 Å². The molecule has 0 saturated heterocycles. The van der Waals surface area contributed by atoms with E-state index in [9.17, 15) is 21.6 Å². The van der Waals surface area contributed by atoms with Crippen LogP contribution >= 0.6 is 10.7 Å². The average molecular weight is 718 g/mol. The fourth-order valence-electron chi connectivity index (χ4n) is 5.08. The molecule has 0 saturated carbocycles. The molecule has 0 amide bonds. The van der Waals surface area contributed by atoms with Gasteiger partial charge in [0.25, 0.3) is 9.05 Å². The third kappa shape index (κ3) is 10.9. The van der Waals surface area contributed by atoms with Crippen molar-refractivity contribution in [2.45, 2.75) is 70.3 Å². The Hall–Kier alpha value is -3.64. The summed E-state index contributed by atoms with van der Waals surface area (Å²) in [5.74, 6) is -0.440. The molecular formula is C36H44ClNO8S2. The lowest BCUT2D eigenvalue weighted by Gasteiger charge is -2.29. The SMILES string of the molecule is C.CC(C)CN(C[C@@H](CC(=O)OC(C)(C)C)Cc1ccccc1)S(=O)(=O)c1ccc2occc2c1.O=S(=O)(Cl)c1ccc2occc2c1. The molecule has 3 aromatic carbocycles. The smallest absolute Gasteiger partial charge is 0.306 e. The Morgan fingerprint density at radius 1 is 0.812 bits per heavy atom. The number of sulfonamides is 1. The summed E-state index contributed by atoms with van der Waals surface area (Å²) in [7, 11) is -2.26. The van der Waals surface area contributed by atoms with Crippen LogP contribution in [0.5, 0.6) is 0 Å². The summed E-state index contributed by atoms with van der Waals surface area (Å²) in [5, 5.41) is 1.46. The second-order valence-electron chi connectivity index (χ2n) is 12.7. The van der Waals surface area contributed by atoms with E-state index in [2.05, 4.69) is 0 Å². The van der Waals surface area contributed by atoms with Gasteiger partial charge in [0, 0.05) is 41.0 Å². The minimum absolute atomic E-state index is 0. The topological polar surface area (TPSA) is 124 Å². The number of esters is 1. The van der Waals surface area contributed by atoms with Crippen molar-refractivity contribution in [3.63, 3.8) is 0 Å². The zero-order valence-corrected chi connectivity index (χ0v) is 29.4. The molecule has 260 valence electrons. The van der Waals surface area contributed by atoms with Gasteiger partial charge >= 0.3 is 5.97 Å². The number of nitrogens with zero attached hydrogens (tertiary/aromatic N) is 1. The Morgan fingerprint density at radius 3 is 1.88 bits per heavy atom. The quantitative estimate of drug-likeness (QED) is 0.0982. The van der Waals surface area contributed by atoms with Gasteiger partial charge < -0.3 is 13.6 Å². The molecule has 0 fully saturated rings. The molecule has 0 bridgehead atoms. The molecule has 0 radical (unpaired) electrons. The molecule has 48 heavy (non-hydrogen) atoms. The summed E-state index contributed by atoms with van der Waals surface area (Å²) in [6.45, 7) is 10.0. The Balaban J connectivity index is 0.000000371. The molecule has 0 unspecified atom stereocenters. The number of benzene rings is 3. The summed E-state index contributed by atoms with van der Waals surface area (Å²) in [6.07, 6.45) is 3.75. The van der Waals surface area contributed by atoms with E-state index >= 15 is 0 Å². The van der Waals surface area contributed by atoms with Gasteiger partial charge in [0.1, 0.15) is 16.8 Å². The highest BCUT2D eigenvalue weighted by molar-refractivity contribution is 8.13. The number of furan rings is 2. The van der Waals surface area contributed by atoms with Crippen molar-refractivity contribution in [2.24, 2.45) is 11.8 Å². The predicted octanol–water partition coefficient (Wildman–Crippen LogP) is 8.67. The maximum atomic E-state index is 13.7. The minimum atomic E-state index is -3.78. The fourth-order valence-corrected chi connectivity index (χ4v) is 7.59. The predicted molar refractivity (Wildman–Crippen MR) is 190 cm³/mol. The maximum absolute atomic E-state index is 13.7. The standard InChI is InChI=1S/C27H35NO5S.C8H5ClO3S.CH4/c1-20(2)18-28(34(30,31)24-11-12-25-23(17-24)13-14-32-25)19-22(15-21-9-7-6-8-10-21)16-26(29)33-27(3,4)5;9-13(10,11)7-1-2-8-6(5-7)3-4-12-8;/h6-14,17,20,22H,15-16,18-19H2,1-5H3;1-5H;1H4/t22-;;/m1../s1. The Morgan fingerprint density at radius 2 is 1.35 bits per heavy atom. The first-order valence-electron chi connectivity index (χ1n) is 15.2. The van der Waals surface area contributed by atoms with E-state index in [1.807, 2.05) is 65.0 Å². The fraction of sp³-hybridized carbons (Fsp3) is 0.361. The molecule has 0 aliphatic rings. The summed E-state index contributed by atoms with van der Waals surface area (Å²) in [6, 6.07) is 22.6. The van der Waals surface area contributed by atoms with Gasteiger partial charge in [-0.15, -0.1) is 0 Å². The molecule has 0 N–H and O–H groups in total. The molecule has 2 aromatic heterocycles. The van der Waals surface area contributed by atoms with Gasteiger partial charge in [0.2, 0.25) is 10.0 Å². The number of fused-ring (bicyclic) bond motifs is 2. The number of hydrogen-bond donors (Lipinski definition) is 0. The lowest BCUT2D eigenvalue weighted by atomic mass is 9.95. The second-order valence-corrected chi connectivity index (χ2v) is 17.2. The molecule has 0 aliphatic carbocycles. The summed E-state index contributed by atoms with van der Waals surface area (Å²) in [5.41, 5.74) is 1.74. The highest BCUT2D eigenvalue weighted by atomic mass is 35.7. The van der Waals surface area contributed by atoms with Crippen LogP contribution < -0.4 is 0 Å². The number of ether oxygens (including phenoxy) is 1. The van der Waals surface area contributed by atoms with Crippen molar-refractivity contribution in [1.29, 1.82) is 0 Å². The van der Waals surface area contributed by atoms with Crippen LogP contribution in [0, 0.1) is 11.8 Å².